The molecule has 0 spiro atoms. The zero-order valence-corrected chi connectivity index (χ0v) is 8.46. The molecule has 0 radical (unpaired) electrons. The van der Waals surface area contributed by atoms with Crippen LogP contribution in [-0.4, -0.2) is 10.9 Å². The van der Waals surface area contributed by atoms with Crippen LogP contribution in [0.4, 0.5) is 0 Å². The Morgan fingerprint density at radius 1 is 1.47 bits per heavy atom. The van der Waals surface area contributed by atoms with Crippen molar-refractivity contribution in [3.8, 4) is 23.7 Å². The molecule has 0 aromatic heterocycles. The summed E-state index contributed by atoms with van der Waals surface area (Å²) in [7, 11) is 0. The first-order valence-electron chi connectivity index (χ1n) is 4.31. The number of benzene rings is 1. The molecule has 74 valence electrons. The summed E-state index contributed by atoms with van der Waals surface area (Å²) in [4.78, 5) is 11.1. The Morgan fingerprint density at radius 2 is 2.13 bits per heavy atom. The van der Waals surface area contributed by atoms with E-state index in [4.69, 9.17) is 5.26 Å². The Kier molecular flexibility index (Phi) is 3.10. The molecule has 1 aromatic carbocycles. The summed E-state index contributed by atoms with van der Waals surface area (Å²) in [6, 6.07) is 4.66. The molecule has 0 fully saturated rings. The van der Waals surface area contributed by atoms with E-state index in [0.717, 1.165) is 5.56 Å². The Bertz CT molecular complexity index is 513. The van der Waals surface area contributed by atoms with E-state index < -0.39 is 0 Å². The van der Waals surface area contributed by atoms with Crippen molar-refractivity contribution in [2.45, 2.75) is 13.8 Å². The molecule has 1 N–H and O–H groups in total. The fraction of sp³-hybridized carbons (Fsp3) is 0.167. The predicted molar refractivity (Wildman–Crippen MR) is 55.3 cm³/mol. The van der Waals surface area contributed by atoms with Gasteiger partial charge in [0.1, 0.15) is 5.75 Å². The number of ketones is 1. The van der Waals surface area contributed by atoms with Gasteiger partial charge in [-0.1, -0.05) is 5.92 Å². The summed E-state index contributed by atoms with van der Waals surface area (Å²) < 4.78 is 0. The summed E-state index contributed by atoms with van der Waals surface area (Å²) >= 11 is 0. The average Bonchev–Trinajstić information content (AvgIpc) is 2.18. The number of carbonyl (C=O) groups excluding carboxylic acids is 1. The Labute approximate surface area is 88.0 Å². The molecule has 15 heavy (non-hydrogen) atoms. The number of aryl methyl sites for hydroxylation is 1. The van der Waals surface area contributed by atoms with Crippen LogP contribution in [0.1, 0.15) is 28.4 Å². The second-order valence-electron chi connectivity index (χ2n) is 3.10. The van der Waals surface area contributed by atoms with Gasteiger partial charge >= 0.3 is 0 Å². The second kappa shape index (κ2) is 4.30. The van der Waals surface area contributed by atoms with E-state index in [2.05, 4.69) is 11.8 Å². The van der Waals surface area contributed by atoms with Crippen LogP contribution in [0.15, 0.2) is 12.1 Å². The average molecular weight is 199 g/mol. The summed E-state index contributed by atoms with van der Waals surface area (Å²) in [6.07, 6.45) is 0. The van der Waals surface area contributed by atoms with E-state index in [1.807, 2.05) is 0 Å². The van der Waals surface area contributed by atoms with Crippen molar-refractivity contribution in [1.82, 2.24) is 0 Å². The van der Waals surface area contributed by atoms with Crippen LogP contribution >= 0.6 is 0 Å². The number of phenols is 1. The van der Waals surface area contributed by atoms with Gasteiger partial charge in [-0.15, -0.1) is 0 Å². The minimum Gasteiger partial charge on any atom is -0.507 e. The van der Waals surface area contributed by atoms with Gasteiger partial charge in [-0.05, 0) is 31.5 Å². The molecule has 0 aliphatic rings. The lowest BCUT2D eigenvalue weighted by atomic mass is 10.0. The van der Waals surface area contributed by atoms with Crippen molar-refractivity contribution in [2.75, 3.05) is 0 Å². The molecule has 0 aliphatic heterocycles. The molecular weight excluding hydrogens is 190 g/mol. The number of hydrogen-bond acceptors (Lipinski definition) is 3. The smallest absolute Gasteiger partial charge is 0.163 e. The normalized spacial score (nSPS) is 8.60. The Morgan fingerprint density at radius 3 is 2.67 bits per heavy atom. The third kappa shape index (κ3) is 2.36. The SMILES string of the molecule is CC(=O)c1cc(C)c(C#CC#N)cc1O. The van der Waals surface area contributed by atoms with Gasteiger partial charge in [0.05, 0.1) is 5.56 Å². The lowest BCUT2D eigenvalue weighted by Gasteiger charge is -2.04. The summed E-state index contributed by atoms with van der Waals surface area (Å²) in [5.41, 5.74) is 1.59. The number of nitriles is 1. The van der Waals surface area contributed by atoms with E-state index in [1.54, 1.807) is 19.1 Å². The lowest BCUT2D eigenvalue weighted by molar-refractivity contribution is 0.101. The fourth-order valence-electron chi connectivity index (χ4n) is 1.21. The van der Waals surface area contributed by atoms with E-state index in [0.29, 0.717) is 5.56 Å². The maximum atomic E-state index is 11.1. The molecule has 1 rings (SSSR count). The number of Topliss-reactive ketones (excluding diaryl/α,β-unsaturated/α-hetero) is 1. The summed E-state index contributed by atoms with van der Waals surface area (Å²) in [6.45, 7) is 3.16. The van der Waals surface area contributed by atoms with Crippen LogP contribution in [0.25, 0.3) is 0 Å². The van der Waals surface area contributed by atoms with E-state index in [-0.39, 0.29) is 17.1 Å². The van der Waals surface area contributed by atoms with Crippen LogP contribution in [0.2, 0.25) is 0 Å². The standard InChI is InChI=1S/C12H9NO2/c1-8-6-11(9(2)14)12(15)7-10(8)4-3-5-13/h6-7,15H,1-2H3. The van der Waals surface area contributed by atoms with Crippen molar-refractivity contribution < 1.29 is 9.90 Å². The van der Waals surface area contributed by atoms with Crippen LogP contribution in [0.5, 0.6) is 5.75 Å². The van der Waals surface area contributed by atoms with Gasteiger partial charge in [0.15, 0.2) is 11.9 Å². The second-order valence-corrected chi connectivity index (χ2v) is 3.10. The van der Waals surface area contributed by atoms with Gasteiger partial charge in [0.2, 0.25) is 0 Å². The van der Waals surface area contributed by atoms with Gasteiger partial charge in [0.25, 0.3) is 0 Å². The van der Waals surface area contributed by atoms with Gasteiger partial charge in [-0.2, -0.15) is 5.26 Å². The predicted octanol–water partition coefficient (Wildman–Crippen LogP) is 1.78. The highest BCUT2D eigenvalue weighted by Crippen LogP contribution is 2.22. The summed E-state index contributed by atoms with van der Waals surface area (Å²) in [5, 5.41) is 17.8. The third-order valence-corrected chi connectivity index (χ3v) is 1.98. The quantitative estimate of drug-likeness (QED) is 0.554. The van der Waals surface area contributed by atoms with Gasteiger partial charge in [-0.25, -0.2) is 0 Å². The molecule has 3 heteroatoms. The first kappa shape index (κ1) is 10.8. The molecule has 0 unspecified atom stereocenters. The first-order valence-corrected chi connectivity index (χ1v) is 4.31. The topological polar surface area (TPSA) is 61.1 Å². The van der Waals surface area contributed by atoms with Gasteiger partial charge in [0, 0.05) is 11.5 Å². The number of phenolic OH excluding ortho intramolecular Hbond substituents is 1. The Balaban J connectivity index is 3.33. The van der Waals surface area contributed by atoms with Crippen LogP contribution in [-0.2, 0) is 0 Å². The molecule has 0 aliphatic carbocycles. The largest absolute Gasteiger partial charge is 0.507 e. The highest BCUT2D eigenvalue weighted by molar-refractivity contribution is 5.97. The highest BCUT2D eigenvalue weighted by atomic mass is 16.3. The van der Waals surface area contributed by atoms with E-state index in [9.17, 15) is 9.90 Å². The lowest BCUT2D eigenvalue weighted by Crippen LogP contribution is -1.95. The zero-order chi connectivity index (χ0) is 11.4. The first-order chi connectivity index (χ1) is 7.06. The molecule has 0 atom stereocenters. The Hall–Kier alpha value is -2.26. The molecule has 0 bridgehead atoms. The van der Waals surface area contributed by atoms with Crippen LogP contribution < -0.4 is 0 Å². The minimum absolute atomic E-state index is 0.102. The third-order valence-electron chi connectivity index (χ3n) is 1.98. The molecule has 0 saturated heterocycles. The maximum Gasteiger partial charge on any atom is 0.163 e. The molecular formula is C12H9NO2. The molecule has 1 aromatic rings. The van der Waals surface area contributed by atoms with Crippen molar-refractivity contribution in [3.63, 3.8) is 0 Å². The monoisotopic (exact) mass is 199 g/mol. The number of carbonyl (C=O) groups is 1. The molecule has 0 amide bonds. The molecule has 0 saturated carbocycles. The number of rotatable bonds is 1. The van der Waals surface area contributed by atoms with Gasteiger partial charge < -0.3 is 5.11 Å². The maximum absolute atomic E-state index is 11.1. The number of hydrogen-bond donors (Lipinski definition) is 1. The molecule has 3 nitrogen and oxygen atoms in total. The van der Waals surface area contributed by atoms with Gasteiger partial charge in [-0.3, -0.25) is 4.79 Å². The summed E-state index contributed by atoms with van der Waals surface area (Å²) in [5.74, 6) is 4.53. The number of aromatic hydroxyl groups is 1. The van der Waals surface area contributed by atoms with Crippen molar-refractivity contribution in [3.05, 3.63) is 28.8 Å². The van der Waals surface area contributed by atoms with Crippen LogP contribution in [0, 0.1) is 30.1 Å². The van der Waals surface area contributed by atoms with Crippen molar-refractivity contribution >= 4 is 5.78 Å². The zero-order valence-electron chi connectivity index (χ0n) is 8.46. The van der Waals surface area contributed by atoms with Crippen molar-refractivity contribution in [2.24, 2.45) is 0 Å². The van der Waals surface area contributed by atoms with E-state index in [1.165, 1.54) is 13.0 Å². The van der Waals surface area contributed by atoms with Crippen molar-refractivity contribution in [1.29, 1.82) is 5.26 Å². The highest BCUT2D eigenvalue weighted by Gasteiger charge is 2.08. The fourth-order valence-corrected chi connectivity index (χ4v) is 1.21. The van der Waals surface area contributed by atoms with Crippen LogP contribution in [0.3, 0.4) is 0 Å². The van der Waals surface area contributed by atoms with E-state index >= 15 is 0 Å². The number of nitrogens with zero attached hydrogens (tertiary/aromatic N) is 1. The molecule has 0 heterocycles. The minimum atomic E-state index is -0.199.